The van der Waals surface area contributed by atoms with Crippen molar-refractivity contribution >= 4 is 11.9 Å². The van der Waals surface area contributed by atoms with Crippen molar-refractivity contribution in [2.75, 3.05) is 0 Å². The fourth-order valence-corrected chi connectivity index (χ4v) is 6.50. The number of carboxylic acid groups (broad SMARTS) is 1. The van der Waals surface area contributed by atoms with Gasteiger partial charge in [-0.25, -0.2) is 0 Å². The van der Waals surface area contributed by atoms with Crippen molar-refractivity contribution in [1.29, 1.82) is 0 Å². The van der Waals surface area contributed by atoms with Crippen LogP contribution in [0.2, 0.25) is 0 Å². The van der Waals surface area contributed by atoms with Crippen LogP contribution in [0.5, 0.6) is 0 Å². The van der Waals surface area contributed by atoms with Crippen LogP contribution in [-0.2, 0) is 14.3 Å². The van der Waals surface area contributed by atoms with Gasteiger partial charge >= 0.3 is 11.9 Å². The van der Waals surface area contributed by atoms with Crippen LogP contribution in [0.4, 0.5) is 0 Å². The zero-order chi connectivity index (χ0) is 35.0. The lowest BCUT2D eigenvalue weighted by Gasteiger charge is -2.18. The van der Waals surface area contributed by atoms with E-state index >= 15 is 0 Å². The summed E-state index contributed by atoms with van der Waals surface area (Å²) in [5.41, 5.74) is 0. The molecular formula is C44H82O4. The van der Waals surface area contributed by atoms with Crippen LogP contribution in [0.1, 0.15) is 239 Å². The van der Waals surface area contributed by atoms with Crippen LogP contribution in [-0.4, -0.2) is 23.1 Å². The molecule has 0 aliphatic heterocycles. The highest BCUT2D eigenvalue weighted by Crippen LogP contribution is 2.18. The molecule has 282 valence electrons. The third-order valence-electron chi connectivity index (χ3n) is 9.68. The van der Waals surface area contributed by atoms with E-state index in [-0.39, 0.29) is 12.1 Å². The molecule has 0 aromatic carbocycles. The number of rotatable bonds is 39. The molecule has 0 amide bonds. The number of hydrogen-bond donors (Lipinski definition) is 1. The molecule has 4 nitrogen and oxygen atoms in total. The number of allylic oxidation sites excluding steroid dienone is 4. The summed E-state index contributed by atoms with van der Waals surface area (Å²) in [6, 6.07) is 0. The molecule has 0 bridgehead atoms. The summed E-state index contributed by atoms with van der Waals surface area (Å²) in [4.78, 5) is 23.0. The van der Waals surface area contributed by atoms with Crippen LogP contribution in [0, 0.1) is 0 Å². The monoisotopic (exact) mass is 675 g/mol. The van der Waals surface area contributed by atoms with Crippen LogP contribution in [0.25, 0.3) is 0 Å². The Balaban J connectivity index is 3.61. The Morgan fingerprint density at radius 1 is 0.458 bits per heavy atom. The highest BCUT2D eigenvalue weighted by atomic mass is 16.5. The Labute approximate surface area is 299 Å². The molecule has 0 heterocycles. The topological polar surface area (TPSA) is 63.6 Å². The van der Waals surface area contributed by atoms with E-state index in [4.69, 9.17) is 9.84 Å². The zero-order valence-electron chi connectivity index (χ0n) is 32.3. The maximum absolute atomic E-state index is 12.5. The van der Waals surface area contributed by atoms with Crippen LogP contribution in [0.3, 0.4) is 0 Å². The van der Waals surface area contributed by atoms with Gasteiger partial charge in [0.15, 0.2) is 0 Å². The van der Waals surface area contributed by atoms with Gasteiger partial charge in [0.25, 0.3) is 0 Å². The number of esters is 1. The first kappa shape index (κ1) is 46.4. The van der Waals surface area contributed by atoms with E-state index < -0.39 is 5.97 Å². The fraction of sp³-hybridized carbons (Fsp3) is 0.864. The minimum absolute atomic E-state index is 0.0340. The van der Waals surface area contributed by atoms with Gasteiger partial charge in [0.05, 0.1) is 0 Å². The molecule has 1 atom stereocenters. The average Bonchev–Trinajstić information content (AvgIpc) is 3.07. The summed E-state index contributed by atoms with van der Waals surface area (Å²) in [5, 5.41) is 8.67. The summed E-state index contributed by atoms with van der Waals surface area (Å²) in [6.07, 6.45) is 51.1. The van der Waals surface area contributed by atoms with E-state index in [1.54, 1.807) is 0 Å². The molecule has 48 heavy (non-hydrogen) atoms. The Bertz CT molecular complexity index is 727. The maximum atomic E-state index is 12.5. The van der Waals surface area contributed by atoms with Gasteiger partial charge in [-0.2, -0.15) is 0 Å². The van der Waals surface area contributed by atoms with E-state index in [9.17, 15) is 9.59 Å². The van der Waals surface area contributed by atoms with Crippen LogP contribution in [0.15, 0.2) is 24.3 Å². The second kappa shape index (κ2) is 39.9. The van der Waals surface area contributed by atoms with Gasteiger partial charge in [0.1, 0.15) is 6.10 Å². The lowest BCUT2D eigenvalue weighted by molar-refractivity contribution is -0.150. The molecule has 0 saturated heterocycles. The second-order valence-corrected chi connectivity index (χ2v) is 14.5. The molecule has 0 saturated carbocycles. The van der Waals surface area contributed by atoms with Crippen molar-refractivity contribution in [2.45, 2.75) is 245 Å². The van der Waals surface area contributed by atoms with Crippen molar-refractivity contribution in [1.82, 2.24) is 0 Å². The van der Waals surface area contributed by atoms with Gasteiger partial charge in [-0.15, -0.1) is 0 Å². The Morgan fingerprint density at radius 2 is 0.833 bits per heavy atom. The van der Waals surface area contributed by atoms with Gasteiger partial charge in [0, 0.05) is 12.8 Å². The van der Waals surface area contributed by atoms with Crippen molar-refractivity contribution in [2.24, 2.45) is 0 Å². The average molecular weight is 675 g/mol. The van der Waals surface area contributed by atoms with Crippen molar-refractivity contribution in [3.8, 4) is 0 Å². The molecule has 0 fully saturated rings. The smallest absolute Gasteiger partial charge is 0.306 e. The van der Waals surface area contributed by atoms with Crippen molar-refractivity contribution < 1.29 is 19.4 Å². The zero-order valence-corrected chi connectivity index (χ0v) is 32.3. The van der Waals surface area contributed by atoms with Gasteiger partial charge in [-0.3, -0.25) is 9.59 Å². The van der Waals surface area contributed by atoms with E-state index in [1.807, 2.05) is 0 Å². The van der Waals surface area contributed by atoms with E-state index in [2.05, 4.69) is 38.2 Å². The van der Waals surface area contributed by atoms with Crippen LogP contribution >= 0.6 is 0 Å². The number of hydrogen-bond acceptors (Lipinski definition) is 3. The van der Waals surface area contributed by atoms with Crippen LogP contribution < -0.4 is 0 Å². The number of carboxylic acids is 1. The summed E-state index contributed by atoms with van der Waals surface area (Å²) >= 11 is 0. The molecule has 0 aliphatic rings. The Morgan fingerprint density at radius 3 is 1.29 bits per heavy atom. The van der Waals surface area contributed by atoms with Gasteiger partial charge in [-0.05, 0) is 64.2 Å². The summed E-state index contributed by atoms with van der Waals surface area (Å²) in [7, 11) is 0. The number of carbonyl (C=O) groups is 2. The highest BCUT2D eigenvalue weighted by Gasteiger charge is 2.14. The number of unbranched alkanes of at least 4 members (excludes halogenated alkanes) is 26. The quantitative estimate of drug-likeness (QED) is 0.0400. The van der Waals surface area contributed by atoms with Gasteiger partial charge < -0.3 is 9.84 Å². The first-order valence-corrected chi connectivity index (χ1v) is 21.3. The van der Waals surface area contributed by atoms with Crippen molar-refractivity contribution in [3.63, 3.8) is 0 Å². The highest BCUT2D eigenvalue weighted by molar-refractivity contribution is 5.69. The molecule has 0 aromatic heterocycles. The van der Waals surface area contributed by atoms with Gasteiger partial charge in [-0.1, -0.05) is 186 Å². The second-order valence-electron chi connectivity index (χ2n) is 14.5. The lowest BCUT2D eigenvalue weighted by Crippen LogP contribution is -2.18. The molecule has 0 rings (SSSR count). The number of carbonyl (C=O) groups excluding carboxylic acids is 1. The van der Waals surface area contributed by atoms with E-state index in [1.165, 1.54) is 154 Å². The fourth-order valence-electron chi connectivity index (χ4n) is 6.50. The summed E-state index contributed by atoms with van der Waals surface area (Å²) < 4.78 is 5.95. The Hall–Kier alpha value is -1.58. The largest absolute Gasteiger partial charge is 0.481 e. The molecule has 1 unspecified atom stereocenters. The lowest BCUT2D eigenvalue weighted by atomic mass is 10.0. The standard InChI is InChI=1S/C44H82O4/c1-3-5-7-8-9-10-11-12-13-14-19-22-25-28-31-34-37-41-44(47)48-42(38-6-4-2)39-35-32-29-26-23-20-17-15-16-18-21-24-27-30-33-36-40-43(45)46/h9-10,12-13,42H,3-8,11,14-41H2,1-2H3,(H,45,46)/b10-9-,13-12-. The van der Waals surface area contributed by atoms with E-state index in [0.29, 0.717) is 12.8 Å². The SMILES string of the molecule is CCCCC/C=C\C/C=C\CCCCCCCCCC(=O)OC(CCCC)CCCCCCCCCCCCCCCCCCC(=O)O. The predicted octanol–water partition coefficient (Wildman–Crippen LogP) is 14.8. The molecule has 0 aromatic rings. The summed E-state index contributed by atoms with van der Waals surface area (Å²) in [6.45, 7) is 4.48. The molecule has 0 spiro atoms. The first-order valence-electron chi connectivity index (χ1n) is 21.3. The molecule has 1 N–H and O–H groups in total. The molecule has 4 heteroatoms. The van der Waals surface area contributed by atoms with Gasteiger partial charge in [0.2, 0.25) is 0 Å². The number of aliphatic carboxylic acids is 1. The summed E-state index contributed by atoms with van der Waals surface area (Å²) in [5.74, 6) is -0.629. The Kier molecular flexibility index (Phi) is 38.5. The maximum Gasteiger partial charge on any atom is 0.306 e. The molecule has 0 radical (unpaired) electrons. The first-order chi connectivity index (χ1) is 23.6. The number of ether oxygens (including phenoxy) is 1. The van der Waals surface area contributed by atoms with Crippen molar-refractivity contribution in [3.05, 3.63) is 24.3 Å². The molecular weight excluding hydrogens is 592 g/mol. The minimum atomic E-state index is -0.663. The third kappa shape index (κ3) is 38.9. The third-order valence-corrected chi connectivity index (χ3v) is 9.68. The van der Waals surface area contributed by atoms with E-state index in [0.717, 1.165) is 57.8 Å². The minimum Gasteiger partial charge on any atom is -0.481 e. The predicted molar refractivity (Wildman–Crippen MR) is 209 cm³/mol. The molecule has 0 aliphatic carbocycles. The normalized spacial score (nSPS) is 12.4.